The van der Waals surface area contributed by atoms with Gasteiger partial charge in [-0.25, -0.2) is 13.8 Å². The van der Waals surface area contributed by atoms with E-state index < -0.39 is 11.6 Å². The summed E-state index contributed by atoms with van der Waals surface area (Å²) in [6.07, 6.45) is 0.858. The van der Waals surface area contributed by atoms with Crippen molar-refractivity contribution in [2.24, 2.45) is 0 Å². The fraction of sp³-hybridized carbons (Fsp3) is 0.0833. The Hall–Kier alpha value is -2.17. The smallest absolute Gasteiger partial charge is 0.256 e. The van der Waals surface area contributed by atoms with Gasteiger partial charge in [0.1, 0.15) is 17.3 Å². The quantitative estimate of drug-likeness (QED) is 0.872. The molecule has 0 aliphatic rings. The molecule has 2 rings (SSSR count). The van der Waals surface area contributed by atoms with Gasteiger partial charge in [-0.15, -0.1) is 0 Å². The van der Waals surface area contributed by atoms with Crippen LogP contribution in [0.3, 0.4) is 0 Å². The van der Waals surface area contributed by atoms with Crippen LogP contribution in [0.2, 0.25) is 0 Å². The molecule has 0 amide bonds. The van der Waals surface area contributed by atoms with Crippen LogP contribution in [0.1, 0.15) is 5.56 Å². The van der Waals surface area contributed by atoms with Gasteiger partial charge in [-0.2, -0.15) is 0 Å². The van der Waals surface area contributed by atoms with Crippen molar-refractivity contribution in [1.29, 1.82) is 0 Å². The van der Waals surface area contributed by atoms with E-state index in [-0.39, 0.29) is 17.4 Å². The van der Waals surface area contributed by atoms with Crippen molar-refractivity contribution < 1.29 is 18.6 Å². The van der Waals surface area contributed by atoms with Crippen molar-refractivity contribution in [3.8, 4) is 17.4 Å². The molecule has 5 heteroatoms. The van der Waals surface area contributed by atoms with Crippen LogP contribution in [-0.2, 0) is 0 Å². The molecule has 3 nitrogen and oxygen atoms in total. The Balaban J connectivity index is 2.35. The number of hydrogen-bond acceptors (Lipinski definition) is 3. The summed E-state index contributed by atoms with van der Waals surface area (Å²) < 4.78 is 31.1. The van der Waals surface area contributed by atoms with Crippen molar-refractivity contribution >= 4 is 0 Å². The third-order valence-electron chi connectivity index (χ3n) is 2.24. The molecule has 2 aromatic rings. The molecule has 0 atom stereocenters. The van der Waals surface area contributed by atoms with Gasteiger partial charge in [0.25, 0.3) is 5.88 Å². The highest BCUT2D eigenvalue weighted by Gasteiger charge is 2.10. The van der Waals surface area contributed by atoms with Gasteiger partial charge >= 0.3 is 0 Å². The van der Waals surface area contributed by atoms with Crippen LogP contribution in [0.15, 0.2) is 30.5 Å². The highest BCUT2D eigenvalue weighted by molar-refractivity contribution is 5.44. The number of rotatable bonds is 2. The first kappa shape index (κ1) is 11.3. The number of halogens is 2. The molecular weight excluding hydrogens is 228 g/mol. The number of phenols is 1. The van der Waals surface area contributed by atoms with Gasteiger partial charge in [-0.1, -0.05) is 6.07 Å². The standard InChI is InChI=1S/C12H9F2NO2/c1-7-10(16)3-2-4-11(7)17-12-9(14)5-8(13)6-15-12/h2-6,16H,1H3. The topological polar surface area (TPSA) is 42.4 Å². The van der Waals surface area contributed by atoms with Crippen LogP contribution >= 0.6 is 0 Å². The van der Waals surface area contributed by atoms with E-state index in [0.717, 1.165) is 6.20 Å². The molecule has 1 aromatic heterocycles. The van der Waals surface area contributed by atoms with Crippen molar-refractivity contribution in [1.82, 2.24) is 4.98 Å². The van der Waals surface area contributed by atoms with E-state index >= 15 is 0 Å². The van der Waals surface area contributed by atoms with E-state index in [1.54, 1.807) is 19.1 Å². The Labute approximate surface area is 96.3 Å². The minimum atomic E-state index is -0.896. The Morgan fingerprint density at radius 3 is 2.76 bits per heavy atom. The predicted octanol–water partition coefficient (Wildman–Crippen LogP) is 3.17. The van der Waals surface area contributed by atoms with Gasteiger partial charge in [-0.3, -0.25) is 0 Å². The first-order valence-electron chi connectivity index (χ1n) is 4.85. The van der Waals surface area contributed by atoms with E-state index in [1.165, 1.54) is 6.07 Å². The number of aromatic nitrogens is 1. The summed E-state index contributed by atoms with van der Waals surface area (Å²) in [6, 6.07) is 5.27. The molecule has 0 saturated heterocycles. The van der Waals surface area contributed by atoms with Crippen LogP contribution in [0.4, 0.5) is 8.78 Å². The summed E-state index contributed by atoms with van der Waals surface area (Å²) in [7, 11) is 0. The average molecular weight is 237 g/mol. The van der Waals surface area contributed by atoms with E-state index in [9.17, 15) is 13.9 Å². The summed E-state index contributed by atoms with van der Waals surface area (Å²) in [5.41, 5.74) is 0.457. The van der Waals surface area contributed by atoms with Gasteiger partial charge in [0.05, 0.1) is 6.20 Å². The number of pyridine rings is 1. The molecule has 0 aliphatic carbocycles. The zero-order valence-corrected chi connectivity index (χ0v) is 8.95. The molecule has 0 fully saturated rings. The number of nitrogens with zero attached hydrogens (tertiary/aromatic N) is 1. The average Bonchev–Trinajstić information content (AvgIpc) is 2.28. The van der Waals surface area contributed by atoms with Crippen molar-refractivity contribution in [3.05, 3.63) is 47.7 Å². The van der Waals surface area contributed by atoms with Gasteiger partial charge in [0.15, 0.2) is 5.82 Å². The Bertz CT molecular complexity index is 558. The second-order valence-electron chi connectivity index (χ2n) is 3.44. The minimum Gasteiger partial charge on any atom is -0.508 e. The second kappa shape index (κ2) is 4.37. The highest BCUT2D eigenvalue weighted by Crippen LogP contribution is 2.30. The summed E-state index contributed by atoms with van der Waals surface area (Å²) in [5.74, 6) is -1.71. The fourth-order valence-electron chi connectivity index (χ4n) is 1.29. The van der Waals surface area contributed by atoms with E-state index in [2.05, 4.69) is 4.98 Å². The Kier molecular flexibility index (Phi) is 2.91. The molecule has 0 spiro atoms. The summed E-state index contributed by atoms with van der Waals surface area (Å²) in [4.78, 5) is 3.49. The van der Waals surface area contributed by atoms with Crippen LogP contribution < -0.4 is 4.74 Å². The summed E-state index contributed by atoms with van der Waals surface area (Å²) >= 11 is 0. The molecule has 1 heterocycles. The monoisotopic (exact) mass is 237 g/mol. The van der Waals surface area contributed by atoms with Crippen molar-refractivity contribution in [2.75, 3.05) is 0 Å². The van der Waals surface area contributed by atoms with Gasteiger partial charge < -0.3 is 9.84 Å². The molecule has 0 bridgehead atoms. The molecular formula is C12H9F2NO2. The van der Waals surface area contributed by atoms with E-state index in [0.29, 0.717) is 11.6 Å². The van der Waals surface area contributed by atoms with Crippen LogP contribution in [0, 0.1) is 18.6 Å². The highest BCUT2D eigenvalue weighted by atomic mass is 19.1. The molecule has 88 valence electrons. The lowest BCUT2D eigenvalue weighted by molar-refractivity contribution is 0.407. The van der Waals surface area contributed by atoms with Crippen molar-refractivity contribution in [2.45, 2.75) is 6.92 Å². The summed E-state index contributed by atoms with van der Waals surface area (Å²) in [6.45, 7) is 1.62. The molecule has 1 N–H and O–H groups in total. The molecule has 0 radical (unpaired) electrons. The number of ether oxygens (including phenoxy) is 1. The molecule has 0 saturated carbocycles. The third kappa shape index (κ3) is 2.33. The SMILES string of the molecule is Cc1c(O)cccc1Oc1ncc(F)cc1F. The third-order valence-corrected chi connectivity index (χ3v) is 2.24. The lowest BCUT2D eigenvalue weighted by atomic mass is 10.2. The molecule has 0 aliphatic heterocycles. The molecule has 0 unspecified atom stereocenters. The maximum atomic E-state index is 13.3. The first-order chi connectivity index (χ1) is 8.08. The zero-order valence-electron chi connectivity index (χ0n) is 8.95. The van der Waals surface area contributed by atoms with Crippen LogP contribution in [0.25, 0.3) is 0 Å². The van der Waals surface area contributed by atoms with Gasteiger partial charge in [-0.05, 0) is 19.1 Å². The van der Waals surface area contributed by atoms with Crippen LogP contribution in [0.5, 0.6) is 17.4 Å². The molecule has 1 aromatic carbocycles. The predicted molar refractivity (Wildman–Crippen MR) is 57.1 cm³/mol. The van der Waals surface area contributed by atoms with Crippen molar-refractivity contribution in [3.63, 3.8) is 0 Å². The van der Waals surface area contributed by atoms with Crippen LogP contribution in [-0.4, -0.2) is 10.1 Å². The van der Waals surface area contributed by atoms with Gasteiger partial charge in [0.2, 0.25) is 0 Å². The normalized spacial score (nSPS) is 10.3. The number of hydrogen-bond donors (Lipinski definition) is 1. The van der Waals surface area contributed by atoms with Gasteiger partial charge in [0, 0.05) is 11.6 Å². The van der Waals surface area contributed by atoms with E-state index in [4.69, 9.17) is 4.74 Å². The lowest BCUT2D eigenvalue weighted by Crippen LogP contribution is -1.94. The number of benzene rings is 1. The molecule has 17 heavy (non-hydrogen) atoms. The van der Waals surface area contributed by atoms with E-state index in [1.807, 2.05) is 0 Å². The number of phenolic OH excluding ortho intramolecular Hbond substituents is 1. The Morgan fingerprint density at radius 1 is 1.29 bits per heavy atom. The second-order valence-corrected chi connectivity index (χ2v) is 3.44. The first-order valence-corrected chi connectivity index (χ1v) is 4.85. The maximum absolute atomic E-state index is 13.3. The fourth-order valence-corrected chi connectivity index (χ4v) is 1.29. The zero-order chi connectivity index (χ0) is 12.4. The minimum absolute atomic E-state index is 0.0324. The largest absolute Gasteiger partial charge is 0.508 e. The number of aromatic hydroxyl groups is 1. The summed E-state index contributed by atoms with van der Waals surface area (Å²) in [5, 5.41) is 9.44. The lowest BCUT2D eigenvalue weighted by Gasteiger charge is -2.09. The Morgan fingerprint density at radius 2 is 2.06 bits per heavy atom. The maximum Gasteiger partial charge on any atom is 0.256 e.